The van der Waals surface area contributed by atoms with Crippen molar-refractivity contribution >= 4 is 16.9 Å². The molecule has 0 spiro atoms. The molecular weight excluding hydrogens is 364 g/mol. The normalized spacial score (nSPS) is 19.3. The van der Waals surface area contributed by atoms with Gasteiger partial charge in [0.05, 0.1) is 6.54 Å². The number of nitrogens with zero attached hydrogens (tertiary/aromatic N) is 2. The number of likely N-dealkylation sites (tertiary alicyclic amines) is 1. The Bertz CT molecular complexity index is 992. The van der Waals surface area contributed by atoms with Gasteiger partial charge in [0.1, 0.15) is 17.5 Å². The van der Waals surface area contributed by atoms with Gasteiger partial charge >= 0.3 is 6.09 Å². The van der Waals surface area contributed by atoms with Crippen LogP contribution in [0.25, 0.3) is 10.8 Å². The molecule has 1 fully saturated rings. The molecule has 0 unspecified atom stereocenters. The molecule has 0 bridgehead atoms. The summed E-state index contributed by atoms with van der Waals surface area (Å²) in [5.74, 6) is 0.877. The van der Waals surface area contributed by atoms with Crippen LogP contribution in [0.2, 0.25) is 0 Å². The zero-order valence-electron chi connectivity index (χ0n) is 17.0. The molecule has 5 heteroatoms. The molecule has 5 nitrogen and oxygen atoms in total. The average molecular weight is 390 g/mol. The van der Waals surface area contributed by atoms with E-state index in [4.69, 9.17) is 9.47 Å². The van der Waals surface area contributed by atoms with Gasteiger partial charge in [-0.3, -0.25) is 4.98 Å². The van der Waals surface area contributed by atoms with Crippen molar-refractivity contribution in [2.75, 3.05) is 13.1 Å². The summed E-state index contributed by atoms with van der Waals surface area (Å²) in [5, 5.41) is 2.05. The molecule has 0 aliphatic carbocycles. The summed E-state index contributed by atoms with van der Waals surface area (Å²) in [5.41, 5.74) is 0.631. The van der Waals surface area contributed by atoms with Crippen LogP contribution in [0, 0.1) is 0 Å². The van der Waals surface area contributed by atoms with Gasteiger partial charge in [0.2, 0.25) is 0 Å². The Morgan fingerprint density at radius 3 is 2.59 bits per heavy atom. The first-order valence-electron chi connectivity index (χ1n) is 9.93. The molecule has 2 atom stereocenters. The number of carbonyl (C=O) groups excluding carboxylic acids is 1. The van der Waals surface area contributed by atoms with Crippen molar-refractivity contribution in [3.63, 3.8) is 0 Å². The van der Waals surface area contributed by atoms with Crippen LogP contribution in [0.3, 0.4) is 0 Å². The third kappa shape index (κ3) is 4.34. The van der Waals surface area contributed by atoms with Crippen molar-refractivity contribution in [2.45, 2.75) is 38.4 Å². The predicted octanol–water partition coefficient (Wildman–Crippen LogP) is 5.02. The molecule has 0 N–H and O–H groups in total. The first-order valence-corrected chi connectivity index (χ1v) is 9.93. The van der Waals surface area contributed by atoms with Gasteiger partial charge < -0.3 is 14.4 Å². The van der Waals surface area contributed by atoms with E-state index in [-0.39, 0.29) is 18.1 Å². The van der Waals surface area contributed by atoms with Gasteiger partial charge in [0, 0.05) is 35.6 Å². The second-order valence-electron chi connectivity index (χ2n) is 8.41. The summed E-state index contributed by atoms with van der Waals surface area (Å²) in [7, 11) is 0. The molecule has 1 aliphatic heterocycles. The molecule has 1 saturated heterocycles. The standard InChI is InChI=1S/C24H26N2O3/c1-24(2,3)29-23(27)26-15-20(17-8-5-4-6-9-17)22(16-26)28-21-11-7-10-18-14-25-13-12-19(18)21/h4-14,20,22H,15-16H2,1-3H3/t20-,22+/m0/s1. The van der Waals surface area contributed by atoms with Gasteiger partial charge in [-0.25, -0.2) is 4.79 Å². The number of ether oxygens (including phenoxy) is 2. The molecule has 4 rings (SSSR count). The van der Waals surface area contributed by atoms with Gasteiger partial charge in [-0.1, -0.05) is 42.5 Å². The van der Waals surface area contributed by atoms with Crippen LogP contribution < -0.4 is 4.74 Å². The fourth-order valence-electron chi connectivity index (χ4n) is 3.75. The maximum Gasteiger partial charge on any atom is 0.410 e. The molecule has 3 aromatic rings. The van der Waals surface area contributed by atoms with Crippen LogP contribution in [-0.2, 0) is 4.74 Å². The lowest BCUT2D eigenvalue weighted by atomic mass is 9.96. The summed E-state index contributed by atoms with van der Waals surface area (Å²) in [6.07, 6.45) is 3.14. The second-order valence-corrected chi connectivity index (χ2v) is 8.41. The number of pyridine rings is 1. The first-order chi connectivity index (χ1) is 13.9. The van der Waals surface area contributed by atoms with Crippen LogP contribution in [0.15, 0.2) is 67.0 Å². The lowest BCUT2D eigenvalue weighted by molar-refractivity contribution is 0.0275. The van der Waals surface area contributed by atoms with E-state index in [9.17, 15) is 4.79 Å². The Hall–Kier alpha value is -3.08. The van der Waals surface area contributed by atoms with Crippen molar-refractivity contribution in [3.8, 4) is 5.75 Å². The topological polar surface area (TPSA) is 51.7 Å². The third-order valence-electron chi connectivity index (χ3n) is 5.06. The number of amides is 1. The zero-order chi connectivity index (χ0) is 20.4. The fraction of sp³-hybridized carbons (Fsp3) is 0.333. The number of benzene rings is 2. The van der Waals surface area contributed by atoms with Crippen LogP contribution in [0.5, 0.6) is 5.75 Å². The number of aromatic nitrogens is 1. The van der Waals surface area contributed by atoms with Crippen molar-refractivity contribution in [2.24, 2.45) is 0 Å². The van der Waals surface area contributed by atoms with Gasteiger partial charge in [0.15, 0.2) is 0 Å². The smallest absolute Gasteiger partial charge is 0.410 e. The Kier molecular flexibility index (Phi) is 5.14. The predicted molar refractivity (Wildman–Crippen MR) is 113 cm³/mol. The van der Waals surface area contributed by atoms with Crippen LogP contribution in [0.1, 0.15) is 32.3 Å². The Morgan fingerprint density at radius 2 is 1.83 bits per heavy atom. The molecule has 1 amide bonds. The Morgan fingerprint density at radius 1 is 1.03 bits per heavy atom. The second kappa shape index (κ2) is 7.74. The highest BCUT2D eigenvalue weighted by molar-refractivity contribution is 5.87. The van der Waals surface area contributed by atoms with Crippen LogP contribution in [-0.4, -0.2) is 40.8 Å². The molecule has 0 saturated carbocycles. The Labute approximate surface area is 171 Å². The number of hydrogen-bond acceptors (Lipinski definition) is 4. The van der Waals surface area contributed by atoms with Crippen LogP contribution in [0.4, 0.5) is 4.79 Å². The van der Waals surface area contributed by atoms with Gasteiger partial charge in [-0.2, -0.15) is 0 Å². The molecular formula is C24H26N2O3. The summed E-state index contributed by atoms with van der Waals surface area (Å²) in [6.45, 7) is 6.70. The molecule has 1 aromatic heterocycles. The molecule has 2 aromatic carbocycles. The van der Waals surface area contributed by atoms with Crippen LogP contribution >= 0.6 is 0 Å². The summed E-state index contributed by atoms with van der Waals surface area (Å²) < 4.78 is 12.1. The van der Waals surface area contributed by atoms with E-state index in [1.54, 1.807) is 11.1 Å². The van der Waals surface area contributed by atoms with E-state index in [0.717, 1.165) is 22.1 Å². The highest BCUT2D eigenvalue weighted by Gasteiger charge is 2.39. The highest BCUT2D eigenvalue weighted by atomic mass is 16.6. The average Bonchev–Trinajstić information content (AvgIpc) is 3.12. The minimum Gasteiger partial charge on any atom is -0.487 e. The van der Waals surface area contributed by atoms with E-state index >= 15 is 0 Å². The maximum absolute atomic E-state index is 12.7. The molecule has 29 heavy (non-hydrogen) atoms. The third-order valence-corrected chi connectivity index (χ3v) is 5.06. The molecule has 1 aliphatic rings. The minimum absolute atomic E-state index is 0.0702. The van der Waals surface area contributed by atoms with Crippen molar-refractivity contribution < 1.29 is 14.3 Å². The van der Waals surface area contributed by atoms with E-state index < -0.39 is 5.60 Å². The molecule has 0 radical (unpaired) electrons. The lowest BCUT2D eigenvalue weighted by Crippen LogP contribution is -2.36. The van der Waals surface area contributed by atoms with Gasteiger partial charge in [0.25, 0.3) is 0 Å². The molecule has 2 heterocycles. The summed E-state index contributed by atoms with van der Waals surface area (Å²) in [6, 6.07) is 18.1. The highest BCUT2D eigenvalue weighted by Crippen LogP contribution is 2.34. The molecule has 150 valence electrons. The fourth-order valence-corrected chi connectivity index (χ4v) is 3.75. The van der Waals surface area contributed by atoms with Crippen molar-refractivity contribution in [3.05, 3.63) is 72.6 Å². The summed E-state index contributed by atoms with van der Waals surface area (Å²) >= 11 is 0. The van der Waals surface area contributed by atoms with Gasteiger partial charge in [-0.05, 0) is 38.5 Å². The van der Waals surface area contributed by atoms with Crippen molar-refractivity contribution in [1.82, 2.24) is 9.88 Å². The van der Waals surface area contributed by atoms with Crippen molar-refractivity contribution in [1.29, 1.82) is 0 Å². The number of rotatable bonds is 3. The lowest BCUT2D eigenvalue weighted by Gasteiger charge is -2.24. The zero-order valence-corrected chi connectivity index (χ0v) is 17.0. The van der Waals surface area contributed by atoms with E-state index in [1.165, 1.54) is 0 Å². The minimum atomic E-state index is -0.527. The van der Waals surface area contributed by atoms with Gasteiger partial charge in [-0.15, -0.1) is 0 Å². The first kappa shape index (κ1) is 19.2. The van der Waals surface area contributed by atoms with E-state index in [0.29, 0.717) is 13.1 Å². The maximum atomic E-state index is 12.7. The SMILES string of the molecule is CC(C)(C)OC(=O)N1C[C@@H](Oc2cccc3cnccc23)[C@H](c2ccccc2)C1. The monoisotopic (exact) mass is 390 g/mol. The number of carbonyl (C=O) groups is 1. The van der Waals surface area contributed by atoms with E-state index in [1.807, 2.05) is 69.4 Å². The number of fused-ring (bicyclic) bond motifs is 1. The largest absolute Gasteiger partial charge is 0.487 e. The quantitative estimate of drug-likeness (QED) is 0.630. The van der Waals surface area contributed by atoms with E-state index in [2.05, 4.69) is 17.1 Å². The number of hydrogen-bond donors (Lipinski definition) is 0. The Balaban J connectivity index is 1.62. The summed E-state index contributed by atoms with van der Waals surface area (Å²) in [4.78, 5) is 18.6.